The number of rotatable bonds is 2. The maximum absolute atomic E-state index is 4.37. The highest BCUT2D eigenvalue weighted by Gasteiger charge is 2.29. The van der Waals surface area contributed by atoms with E-state index in [1.807, 2.05) is 13.1 Å². The predicted molar refractivity (Wildman–Crippen MR) is 76.0 cm³/mol. The molecule has 1 aliphatic rings. The van der Waals surface area contributed by atoms with Crippen molar-refractivity contribution >= 4 is 11.6 Å². The predicted octanol–water partition coefficient (Wildman–Crippen LogP) is 2.78. The molecule has 1 aromatic rings. The fraction of sp³-hybridized carbons (Fsp3) is 0.714. The van der Waals surface area contributed by atoms with Crippen LogP contribution in [0.3, 0.4) is 0 Å². The van der Waals surface area contributed by atoms with Gasteiger partial charge in [-0.1, -0.05) is 20.8 Å². The van der Waals surface area contributed by atoms with Crippen molar-refractivity contribution in [2.24, 2.45) is 11.3 Å². The lowest BCUT2D eigenvalue weighted by molar-refractivity contribution is 0.198. The summed E-state index contributed by atoms with van der Waals surface area (Å²) in [5, 5.41) is 3.06. The van der Waals surface area contributed by atoms with E-state index in [2.05, 4.69) is 41.0 Å². The molecule has 100 valence electrons. The Morgan fingerprint density at radius 2 is 1.89 bits per heavy atom. The maximum atomic E-state index is 4.37. The summed E-state index contributed by atoms with van der Waals surface area (Å²) in [5.74, 6) is 2.75. The summed E-state index contributed by atoms with van der Waals surface area (Å²) in [6.07, 6.45) is 4.14. The molecular weight excluding hydrogens is 224 g/mol. The van der Waals surface area contributed by atoms with Crippen molar-refractivity contribution in [2.75, 3.05) is 30.4 Å². The van der Waals surface area contributed by atoms with Gasteiger partial charge in [-0.15, -0.1) is 0 Å². The summed E-state index contributed by atoms with van der Waals surface area (Å²) in [7, 11) is 1.89. The minimum absolute atomic E-state index is 0.425. The van der Waals surface area contributed by atoms with Crippen LogP contribution in [0, 0.1) is 11.3 Å². The SMILES string of the molecule is CNc1cc(N2CCC(C(C)(C)C)CC2)ncn1. The number of nitrogens with zero attached hydrogens (tertiary/aromatic N) is 3. The summed E-state index contributed by atoms with van der Waals surface area (Å²) in [5.41, 5.74) is 0.425. The maximum Gasteiger partial charge on any atom is 0.134 e. The lowest BCUT2D eigenvalue weighted by Gasteiger charge is -2.39. The van der Waals surface area contributed by atoms with Crippen LogP contribution in [0.25, 0.3) is 0 Å². The van der Waals surface area contributed by atoms with Gasteiger partial charge < -0.3 is 10.2 Å². The number of hydrogen-bond acceptors (Lipinski definition) is 4. The molecule has 0 aromatic carbocycles. The molecule has 1 saturated heterocycles. The van der Waals surface area contributed by atoms with Crippen molar-refractivity contribution in [1.29, 1.82) is 0 Å². The van der Waals surface area contributed by atoms with Gasteiger partial charge in [0.2, 0.25) is 0 Å². The second-order valence-electron chi connectivity index (χ2n) is 6.14. The minimum atomic E-state index is 0.425. The first-order valence-corrected chi connectivity index (χ1v) is 6.75. The van der Waals surface area contributed by atoms with Gasteiger partial charge in [0.1, 0.15) is 18.0 Å². The molecule has 0 unspecified atom stereocenters. The number of aromatic nitrogens is 2. The fourth-order valence-corrected chi connectivity index (χ4v) is 2.63. The molecule has 0 saturated carbocycles. The second-order valence-corrected chi connectivity index (χ2v) is 6.14. The summed E-state index contributed by atoms with van der Waals surface area (Å²) in [6.45, 7) is 9.23. The highest BCUT2D eigenvalue weighted by Crippen LogP contribution is 2.35. The molecule has 0 atom stereocenters. The number of nitrogens with one attached hydrogen (secondary N) is 1. The van der Waals surface area contributed by atoms with Crippen LogP contribution in [0.5, 0.6) is 0 Å². The monoisotopic (exact) mass is 248 g/mol. The van der Waals surface area contributed by atoms with Crippen LogP contribution in [0.15, 0.2) is 12.4 Å². The van der Waals surface area contributed by atoms with Crippen LogP contribution in [0.4, 0.5) is 11.6 Å². The highest BCUT2D eigenvalue weighted by atomic mass is 15.2. The van der Waals surface area contributed by atoms with Crippen LogP contribution in [0.2, 0.25) is 0 Å². The van der Waals surface area contributed by atoms with Crippen LogP contribution >= 0.6 is 0 Å². The Bertz CT molecular complexity index is 389. The zero-order chi connectivity index (χ0) is 13.2. The largest absolute Gasteiger partial charge is 0.373 e. The molecule has 1 fully saturated rings. The van der Waals surface area contributed by atoms with E-state index in [9.17, 15) is 0 Å². The Hall–Kier alpha value is -1.32. The molecule has 1 aromatic heterocycles. The van der Waals surface area contributed by atoms with Gasteiger partial charge in [-0.25, -0.2) is 9.97 Å². The molecule has 18 heavy (non-hydrogen) atoms. The standard InChI is InChI=1S/C14H24N4/c1-14(2,3)11-5-7-18(8-6-11)13-9-12(15-4)16-10-17-13/h9-11H,5-8H2,1-4H3,(H,15,16,17). The van der Waals surface area contributed by atoms with Gasteiger partial charge in [0.25, 0.3) is 0 Å². The Kier molecular flexibility index (Phi) is 3.73. The summed E-state index contributed by atoms with van der Waals surface area (Å²) in [6, 6.07) is 2.03. The molecule has 1 N–H and O–H groups in total. The van der Waals surface area contributed by atoms with Crippen molar-refractivity contribution in [3.8, 4) is 0 Å². The third-order valence-corrected chi connectivity index (χ3v) is 3.95. The molecule has 0 radical (unpaired) electrons. The zero-order valence-electron chi connectivity index (χ0n) is 11.9. The van der Waals surface area contributed by atoms with Gasteiger partial charge in [0.05, 0.1) is 0 Å². The van der Waals surface area contributed by atoms with Crippen molar-refractivity contribution in [3.05, 3.63) is 12.4 Å². The van der Waals surface area contributed by atoms with Crippen LogP contribution in [-0.4, -0.2) is 30.1 Å². The van der Waals surface area contributed by atoms with Gasteiger partial charge in [-0.05, 0) is 24.2 Å². The summed E-state index contributed by atoms with van der Waals surface area (Å²) >= 11 is 0. The molecule has 0 spiro atoms. The molecule has 2 heterocycles. The first-order chi connectivity index (χ1) is 8.50. The van der Waals surface area contributed by atoms with Crippen molar-refractivity contribution in [1.82, 2.24) is 9.97 Å². The average Bonchev–Trinajstić information content (AvgIpc) is 2.38. The van der Waals surface area contributed by atoms with E-state index >= 15 is 0 Å². The van der Waals surface area contributed by atoms with Gasteiger partial charge in [0, 0.05) is 26.2 Å². The molecule has 1 aliphatic heterocycles. The average molecular weight is 248 g/mol. The third-order valence-electron chi connectivity index (χ3n) is 3.95. The van der Waals surface area contributed by atoms with E-state index in [4.69, 9.17) is 0 Å². The molecule has 0 amide bonds. The fourth-order valence-electron chi connectivity index (χ4n) is 2.63. The van der Waals surface area contributed by atoms with Crippen molar-refractivity contribution in [2.45, 2.75) is 33.6 Å². The van der Waals surface area contributed by atoms with Gasteiger partial charge >= 0.3 is 0 Å². The first-order valence-electron chi connectivity index (χ1n) is 6.75. The Morgan fingerprint density at radius 1 is 1.22 bits per heavy atom. The number of anilines is 2. The van der Waals surface area contributed by atoms with Crippen LogP contribution in [-0.2, 0) is 0 Å². The molecular formula is C14H24N4. The highest BCUT2D eigenvalue weighted by molar-refractivity contribution is 5.48. The molecule has 4 nitrogen and oxygen atoms in total. The van der Waals surface area contributed by atoms with Crippen LogP contribution in [0.1, 0.15) is 33.6 Å². The van der Waals surface area contributed by atoms with E-state index in [1.165, 1.54) is 12.8 Å². The zero-order valence-corrected chi connectivity index (χ0v) is 11.9. The second kappa shape index (κ2) is 5.12. The smallest absolute Gasteiger partial charge is 0.134 e. The lowest BCUT2D eigenvalue weighted by Crippen LogP contribution is -2.38. The van der Waals surface area contributed by atoms with Crippen LogP contribution < -0.4 is 10.2 Å². The lowest BCUT2D eigenvalue weighted by atomic mass is 9.75. The van der Waals surface area contributed by atoms with E-state index in [1.54, 1.807) is 6.33 Å². The Morgan fingerprint density at radius 3 is 2.44 bits per heavy atom. The Balaban J connectivity index is 2.01. The van der Waals surface area contributed by atoms with E-state index in [0.29, 0.717) is 5.41 Å². The number of hydrogen-bond donors (Lipinski definition) is 1. The Labute approximate surface area is 110 Å². The minimum Gasteiger partial charge on any atom is -0.373 e. The topological polar surface area (TPSA) is 41.0 Å². The quantitative estimate of drug-likeness (QED) is 0.873. The van der Waals surface area contributed by atoms with E-state index in [0.717, 1.165) is 30.6 Å². The van der Waals surface area contributed by atoms with Crippen molar-refractivity contribution in [3.63, 3.8) is 0 Å². The first kappa shape index (κ1) is 13.1. The summed E-state index contributed by atoms with van der Waals surface area (Å²) < 4.78 is 0. The normalized spacial score (nSPS) is 17.9. The molecule has 4 heteroatoms. The molecule has 0 aliphatic carbocycles. The van der Waals surface area contributed by atoms with Crippen molar-refractivity contribution < 1.29 is 0 Å². The third kappa shape index (κ3) is 2.92. The van der Waals surface area contributed by atoms with Gasteiger partial charge in [-0.3, -0.25) is 0 Å². The number of piperidine rings is 1. The molecule has 2 rings (SSSR count). The van der Waals surface area contributed by atoms with E-state index in [-0.39, 0.29) is 0 Å². The van der Waals surface area contributed by atoms with Gasteiger partial charge in [-0.2, -0.15) is 0 Å². The summed E-state index contributed by atoms with van der Waals surface area (Å²) in [4.78, 5) is 10.9. The van der Waals surface area contributed by atoms with E-state index < -0.39 is 0 Å². The molecule has 0 bridgehead atoms. The van der Waals surface area contributed by atoms with Gasteiger partial charge in [0.15, 0.2) is 0 Å².